The van der Waals surface area contributed by atoms with Crippen LogP contribution >= 0.6 is 0 Å². The predicted octanol–water partition coefficient (Wildman–Crippen LogP) is 2.18. The molecule has 1 saturated carbocycles. The van der Waals surface area contributed by atoms with Crippen LogP contribution in [0.3, 0.4) is 0 Å². The van der Waals surface area contributed by atoms with Crippen LogP contribution in [0.4, 0.5) is 0 Å². The first-order chi connectivity index (χ1) is 6.77. The fourth-order valence-corrected chi connectivity index (χ4v) is 3.32. The molecule has 2 rings (SSSR count). The van der Waals surface area contributed by atoms with Crippen LogP contribution in [-0.4, -0.2) is 19.8 Å². The van der Waals surface area contributed by atoms with E-state index in [0.29, 0.717) is 5.41 Å². The average Bonchev–Trinajstić information content (AvgIpc) is 2.79. The van der Waals surface area contributed by atoms with Crippen molar-refractivity contribution in [1.82, 2.24) is 0 Å². The second-order valence-corrected chi connectivity index (χ2v) is 5.29. The third-order valence-electron chi connectivity index (χ3n) is 4.48. The van der Waals surface area contributed by atoms with Crippen LogP contribution in [-0.2, 0) is 4.74 Å². The van der Waals surface area contributed by atoms with Crippen LogP contribution in [0.15, 0.2) is 0 Å². The summed E-state index contributed by atoms with van der Waals surface area (Å²) in [5.41, 5.74) is 6.45. The van der Waals surface area contributed by atoms with E-state index >= 15 is 0 Å². The SMILES string of the molecule is CC1CCCC1(CN)CC1CCOC1. The molecule has 14 heavy (non-hydrogen) atoms. The highest BCUT2D eigenvalue weighted by atomic mass is 16.5. The van der Waals surface area contributed by atoms with Gasteiger partial charge in [0.05, 0.1) is 0 Å². The van der Waals surface area contributed by atoms with E-state index in [2.05, 4.69) is 6.92 Å². The first-order valence-electron chi connectivity index (χ1n) is 6.05. The zero-order valence-electron chi connectivity index (χ0n) is 9.30. The van der Waals surface area contributed by atoms with Gasteiger partial charge in [-0.2, -0.15) is 0 Å². The largest absolute Gasteiger partial charge is 0.381 e. The van der Waals surface area contributed by atoms with Crippen molar-refractivity contribution in [3.63, 3.8) is 0 Å². The topological polar surface area (TPSA) is 35.2 Å². The highest BCUT2D eigenvalue weighted by Gasteiger charge is 2.41. The normalized spacial score (nSPS) is 43.3. The molecule has 2 N–H and O–H groups in total. The van der Waals surface area contributed by atoms with Crippen molar-refractivity contribution < 1.29 is 4.74 Å². The van der Waals surface area contributed by atoms with Gasteiger partial charge >= 0.3 is 0 Å². The lowest BCUT2D eigenvalue weighted by atomic mass is 9.72. The standard InChI is InChI=1S/C12H23NO/c1-10-3-2-5-12(10,9-13)7-11-4-6-14-8-11/h10-11H,2-9,13H2,1H3. The molecule has 2 aliphatic rings. The summed E-state index contributed by atoms with van der Waals surface area (Å²) in [5.74, 6) is 1.62. The summed E-state index contributed by atoms with van der Waals surface area (Å²) in [5, 5.41) is 0. The van der Waals surface area contributed by atoms with E-state index in [1.165, 1.54) is 32.1 Å². The Bertz CT molecular complexity index is 189. The molecule has 0 amide bonds. The third kappa shape index (κ3) is 1.82. The number of hydrogen-bond donors (Lipinski definition) is 1. The first-order valence-corrected chi connectivity index (χ1v) is 6.05. The molecule has 0 aromatic heterocycles. The second-order valence-electron chi connectivity index (χ2n) is 5.29. The smallest absolute Gasteiger partial charge is 0.0495 e. The molecule has 2 heteroatoms. The Morgan fingerprint density at radius 2 is 2.29 bits per heavy atom. The zero-order valence-corrected chi connectivity index (χ0v) is 9.30. The van der Waals surface area contributed by atoms with Gasteiger partial charge in [0, 0.05) is 13.2 Å². The minimum atomic E-state index is 0.457. The lowest BCUT2D eigenvalue weighted by molar-refractivity contribution is 0.140. The molecule has 3 atom stereocenters. The van der Waals surface area contributed by atoms with E-state index in [1.54, 1.807) is 0 Å². The Morgan fingerprint density at radius 1 is 1.43 bits per heavy atom. The van der Waals surface area contributed by atoms with Gasteiger partial charge in [-0.05, 0) is 43.1 Å². The van der Waals surface area contributed by atoms with Crippen molar-refractivity contribution >= 4 is 0 Å². The van der Waals surface area contributed by atoms with E-state index in [4.69, 9.17) is 10.5 Å². The van der Waals surface area contributed by atoms with Gasteiger partial charge in [-0.25, -0.2) is 0 Å². The number of nitrogens with two attached hydrogens (primary N) is 1. The molecular formula is C12H23NO. The van der Waals surface area contributed by atoms with Gasteiger partial charge in [0.1, 0.15) is 0 Å². The van der Waals surface area contributed by atoms with Crippen molar-refractivity contribution in [3.8, 4) is 0 Å². The second kappa shape index (κ2) is 4.19. The van der Waals surface area contributed by atoms with Crippen molar-refractivity contribution in [2.45, 2.75) is 39.0 Å². The predicted molar refractivity (Wildman–Crippen MR) is 58.0 cm³/mol. The van der Waals surface area contributed by atoms with E-state index in [1.807, 2.05) is 0 Å². The van der Waals surface area contributed by atoms with Crippen LogP contribution in [0.25, 0.3) is 0 Å². The summed E-state index contributed by atoms with van der Waals surface area (Å²) in [6, 6.07) is 0. The van der Waals surface area contributed by atoms with E-state index in [-0.39, 0.29) is 0 Å². The van der Waals surface area contributed by atoms with Gasteiger partial charge in [-0.3, -0.25) is 0 Å². The minimum absolute atomic E-state index is 0.457. The van der Waals surface area contributed by atoms with Crippen LogP contribution < -0.4 is 5.73 Å². The molecule has 1 heterocycles. The summed E-state index contributed by atoms with van der Waals surface area (Å²) in [6.45, 7) is 5.22. The van der Waals surface area contributed by atoms with Crippen molar-refractivity contribution in [2.24, 2.45) is 23.0 Å². The molecular weight excluding hydrogens is 174 g/mol. The van der Waals surface area contributed by atoms with Crippen LogP contribution in [0.5, 0.6) is 0 Å². The fraction of sp³-hybridized carbons (Fsp3) is 1.00. The summed E-state index contributed by atoms with van der Waals surface area (Å²) in [4.78, 5) is 0. The average molecular weight is 197 g/mol. The summed E-state index contributed by atoms with van der Waals surface area (Å²) in [7, 11) is 0. The van der Waals surface area contributed by atoms with Gasteiger partial charge < -0.3 is 10.5 Å². The Morgan fingerprint density at radius 3 is 2.79 bits per heavy atom. The molecule has 1 saturated heterocycles. The molecule has 1 aliphatic heterocycles. The van der Waals surface area contributed by atoms with Crippen LogP contribution in [0.1, 0.15) is 39.0 Å². The molecule has 0 spiro atoms. The molecule has 0 aromatic carbocycles. The maximum Gasteiger partial charge on any atom is 0.0495 e. The number of rotatable bonds is 3. The maximum atomic E-state index is 6.00. The summed E-state index contributed by atoms with van der Waals surface area (Å²) in [6.07, 6.45) is 6.68. The highest BCUT2D eigenvalue weighted by molar-refractivity contribution is 4.92. The Kier molecular flexibility index (Phi) is 3.13. The highest BCUT2D eigenvalue weighted by Crippen LogP contribution is 2.47. The Labute approximate surface area is 87.2 Å². The zero-order chi connectivity index (χ0) is 10.0. The maximum absolute atomic E-state index is 6.00. The minimum Gasteiger partial charge on any atom is -0.381 e. The van der Waals surface area contributed by atoms with Gasteiger partial charge in [-0.1, -0.05) is 19.8 Å². The molecule has 0 bridgehead atoms. The Balaban J connectivity index is 1.97. The molecule has 1 aliphatic carbocycles. The number of hydrogen-bond acceptors (Lipinski definition) is 2. The fourth-order valence-electron chi connectivity index (χ4n) is 3.32. The van der Waals surface area contributed by atoms with Crippen LogP contribution in [0.2, 0.25) is 0 Å². The monoisotopic (exact) mass is 197 g/mol. The quantitative estimate of drug-likeness (QED) is 0.752. The van der Waals surface area contributed by atoms with Crippen LogP contribution in [0, 0.1) is 17.3 Å². The molecule has 2 nitrogen and oxygen atoms in total. The summed E-state index contributed by atoms with van der Waals surface area (Å²) < 4.78 is 5.45. The van der Waals surface area contributed by atoms with Crippen molar-refractivity contribution in [1.29, 1.82) is 0 Å². The van der Waals surface area contributed by atoms with Gasteiger partial charge in [-0.15, -0.1) is 0 Å². The molecule has 3 unspecified atom stereocenters. The first kappa shape index (κ1) is 10.4. The molecule has 0 aromatic rings. The molecule has 2 fully saturated rings. The lowest BCUT2D eigenvalue weighted by Gasteiger charge is -2.34. The van der Waals surface area contributed by atoms with E-state index in [9.17, 15) is 0 Å². The third-order valence-corrected chi connectivity index (χ3v) is 4.48. The Hall–Kier alpha value is -0.0800. The summed E-state index contributed by atoms with van der Waals surface area (Å²) >= 11 is 0. The lowest BCUT2D eigenvalue weighted by Crippen LogP contribution is -2.35. The molecule has 0 radical (unpaired) electrons. The van der Waals surface area contributed by atoms with Gasteiger partial charge in [0.15, 0.2) is 0 Å². The number of ether oxygens (including phenoxy) is 1. The van der Waals surface area contributed by atoms with Crippen molar-refractivity contribution in [3.05, 3.63) is 0 Å². The van der Waals surface area contributed by atoms with Gasteiger partial charge in [0.2, 0.25) is 0 Å². The van der Waals surface area contributed by atoms with Gasteiger partial charge in [0.25, 0.3) is 0 Å². The van der Waals surface area contributed by atoms with Crippen molar-refractivity contribution in [2.75, 3.05) is 19.8 Å². The van der Waals surface area contributed by atoms with E-state index < -0.39 is 0 Å². The molecule has 82 valence electrons. The van der Waals surface area contributed by atoms with E-state index in [0.717, 1.165) is 31.6 Å².